The van der Waals surface area contributed by atoms with E-state index < -0.39 is 0 Å². The summed E-state index contributed by atoms with van der Waals surface area (Å²) in [5, 5.41) is 0. The van der Waals surface area contributed by atoms with Gasteiger partial charge in [0, 0.05) is 0 Å². The van der Waals surface area contributed by atoms with E-state index in [0.29, 0.717) is 6.61 Å². The lowest BCUT2D eigenvalue weighted by atomic mass is 9.98. The molecule has 1 heterocycles. The third-order valence-electron chi connectivity index (χ3n) is 3.46. The van der Waals surface area contributed by atoms with Crippen molar-refractivity contribution in [2.45, 2.75) is 32.0 Å². The molecule has 3 atom stereocenters. The van der Waals surface area contributed by atoms with E-state index in [4.69, 9.17) is 10.5 Å². The van der Waals surface area contributed by atoms with E-state index in [0.717, 1.165) is 5.56 Å². The van der Waals surface area contributed by atoms with Crippen LogP contribution in [0.15, 0.2) is 30.3 Å². The summed E-state index contributed by atoms with van der Waals surface area (Å²) in [4.78, 5) is 13.8. The molecule has 18 heavy (non-hydrogen) atoms. The van der Waals surface area contributed by atoms with Crippen LogP contribution in [0.4, 0.5) is 0 Å². The Morgan fingerprint density at radius 3 is 2.67 bits per heavy atom. The van der Waals surface area contributed by atoms with Gasteiger partial charge in [0.05, 0.1) is 25.2 Å². The number of nitrogens with two attached hydrogens (primary N) is 1. The zero-order valence-electron chi connectivity index (χ0n) is 10.9. The smallest absolute Gasteiger partial charge is 0.236 e. The molecule has 0 saturated carbocycles. The van der Waals surface area contributed by atoms with Gasteiger partial charge in [-0.1, -0.05) is 30.3 Å². The van der Waals surface area contributed by atoms with Gasteiger partial charge in [0.15, 0.2) is 0 Å². The summed E-state index contributed by atoms with van der Waals surface area (Å²) in [6, 6.07) is 10.1. The normalized spacial score (nSPS) is 28.2. The molecule has 2 N–H and O–H groups in total. The molecule has 1 aliphatic rings. The first-order chi connectivity index (χ1) is 8.65. The fourth-order valence-corrected chi connectivity index (χ4v) is 2.61. The van der Waals surface area contributed by atoms with Crippen LogP contribution in [0.2, 0.25) is 0 Å². The highest BCUT2D eigenvalue weighted by Crippen LogP contribution is 2.30. The molecule has 1 aromatic carbocycles. The van der Waals surface area contributed by atoms with Crippen LogP contribution in [0.3, 0.4) is 0 Å². The third kappa shape index (κ3) is 2.40. The largest absolute Gasteiger partial charge is 0.369 e. The second kappa shape index (κ2) is 5.50. The van der Waals surface area contributed by atoms with Crippen molar-refractivity contribution in [3.8, 4) is 0 Å². The topological polar surface area (TPSA) is 55.6 Å². The minimum atomic E-state index is -0.0714. The number of rotatable bonds is 2. The van der Waals surface area contributed by atoms with Crippen LogP contribution in [0.1, 0.15) is 25.5 Å². The summed E-state index contributed by atoms with van der Waals surface area (Å²) in [6.07, 6.45) is -0.0714. The molecule has 98 valence electrons. The highest BCUT2D eigenvalue weighted by Gasteiger charge is 2.36. The second-order valence-corrected chi connectivity index (χ2v) is 4.76. The summed E-state index contributed by atoms with van der Waals surface area (Å²) in [5.41, 5.74) is 6.58. The van der Waals surface area contributed by atoms with Gasteiger partial charge in [-0.2, -0.15) is 0 Å². The fraction of sp³-hybridized carbons (Fsp3) is 0.500. The van der Waals surface area contributed by atoms with Crippen molar-refractivity contribution in [2.75, 3.05) is 13.2 Å². The number of carbonyl (C=O) groups is 1. The van der Waals surface area contributed by atoms with Crippen molar-refractivity contribution < 1.29 is 9.53 Å². The maximum Gasteiger partial charge on any atom is 0.236 e. The summed E-state index contributed by atoms with van der Waals surface area (Å²) in [5.74, 6) is -0.0146. The Balaban J connectivity index is 2.22. The average Bonchev–Trinajstić information content (AvgIpc) is 2.39. The predicted octanol–water partition coefficient (Wildman–Crippen LogP) is 1.32. The first kappa shape index (κ1) is 13.1. The van der Waals surface area contributed by atoms with Gasteiger partial charge < -0.3 is 15.4 Å². The average molecular weight is 248 g/mol. The molecule has 0 unspecified atom stereocenters. The van der Waals surface area contributed by atoms with Gasteiger partial charge in [-0.15, -0.1) is 0 Å². The Morgan fingerprint density at radius 2 is 2.06 bits per heavy atom. The van der Waals surface area contributed by atoms with Gasteiger partial charge in [0.1, 0.15) is 6.10 Å². The monoisotopic (exact) mass is 248 g/mol. The van der Waals surface area contributed by atoms with Crippen LogP contribution in [0.25, 0.3) is 0 Å². The quantitative estimate of drug-likeness (QED) is 0.859. The molecule has 1 aliphatic heterocycles. The Kier molecular flexibility index (Phi) is 3.99. The minimum Gasteiger partial charge on any atom is -0.369 e. The second-order valence-electron chi connectivity index (χ2n) is 4.76. The molecule has 4 heteroatoms. The zero-order chi connectivity index (χ0) is 13.1. The molecule has 4 nitrogen and oxygen atoms in total. The number of ether oxygens (including phenoxy) is 1. The van der Waals surface area contributed by atoms with Crippen LogP contribution in [0, 0.1) is 0 Å². The van der Waals surface area contributed by atoms with Crippen LogP contribution in [-0.4, -0.2) is 36.0 Å². The first-order valence-electron chi connectivity index (χ1n) is 6.33. The van der Waals surface area contributed by atoms with Gasteiger partial charge in [0.25, 0.3) is 0 Å². The van der Waals surface area contributed by atoms with E-state index >= 15 is 0 Å². The molecule has 0 aromatic heterocycles. The molecule has 0 radical (unpaired) electrons. The molecule has 1 aromatic rings. The zero-order valence-corrected chi connectivity index (χ0v) is 10.9. The number of carbonyl (C=O) groups excluding carboxylic acids is 1. The van der Waals surface area contributed by atoms with Gasteiger partial charge in [0.2, 0.25) is 5.91 Å². The van der Waals surface area contributed by atoms with Crippen molar-refractivity contribution in [1.82, 2.24) is 4.90 Å². The molecule has 1 fully saturated rings. The van der Waals surface area contributed by atoms with E-state index in [1.54, 1.807) is 0 Å². The summed E-state index contributed by atoms with van der Waals surface area (Å²) in [7, 11) is 0. The standard InChI is InChI=1S/C14H20N2O2/c1-10-9-18-14(12-6-4-3-5-7-12)11(2)16(10)13(17)8-15/h3-7,10-11,14H,8-9,15H2,1-2H3/t10-,11+,14-/m1/s1. The van der Waals surface area contributed by atoms with Crippen LogP contribution in [0.5, 0.6) is 0 Å². The van der Waals surface area contributed by atoms with Gasteiger partial charge in [-0.05, 0) is 19.4 Å². The lowest BCUT2D eigenvalue weighted by molar-refractivity contribution is -0.151. The van der Waals surface area contributed by atoms with E-state index in [9.17, 15) is 4.79 Å². The maximum absolute atomic E-state index is 11.9. The first-order valence-corrected chi connectivity index (χ1v) is 6.33. The Morgan fingerprint density at radius 1 is 1.39 bits per heavy atom. The lowest BCUT2D eigenvalue weighted by Crippen LogP contribution is -2.55. The van der Waals surface area contributed by atoms with Crippen molar-refractivity contribution in [3.05, 3.63) is 35.9 Å². The van der Waals surface area contributed by atoms with E-state index in [1.807, 2.05) is 49.1 Å². The minimum absolute atomic E-state index is 0.00667. The van der Waals surface area contributed by atoms with Crippen LogP contribution >= 0.6 is 0 Å². The molecular weight excluding hydrogens is 228 g/mol. The Bertz CT molecular complexity index is 408. The molecule has 0 spiro atoms. The van der Waals surface area contributed by atoms with E-state index in [1.165, 1.54) is 0 Å². The fourth-order valence-electron chi connectivity index (χ4n) is 2.61. The molecular formula is C14H20N2O2. The van der Waals surface area contributed by atoms with Crippen molar-refractivity contribution in [1.29, 1.82) is 0 Å². The molecule has 1 saturated heterocycles. The third-order valence-corrected chi connectivity index (χ3v) is 3.46. The molecule has 2 rings (SSSR count). The highest BCUT2D eigenvalue weighted by molar-refractivity contribution is 5.78. The van der Waals surface area contributed by atoms with Crippen molar-refractivity contribution in [3.63, 3.8) is 0 Å². The molecule has 0 aliphatic carbocycles. The lowest BCUT2D eigenvalue weighted by Gasteiger charge is -2.43. The number of hydrogen-bond acceptors (Lipinski definition) is 3. The predicted molar refractivity (Wildman–Crippen MR) is 70.0 cm³/mol. The summed E-state index contributed by atoms with van der Waals surface area (Å²) < 4.78 is 5.88. The summed E-state index contributed by atoms with van der Waals surface area (Å²) >= 11 is 0. The van der Waals surface area contributed by atoms with Crippen LogP contribution < -0.4 is 5.73 Å². The Hall–Kier alpha value is -1.39. The number of amides is 1. The SMILES string of the molecule is C[C@@H]1CO[C@@H](c2ccccc2)[C@H](C)N1C(=O)CN. The summed E-state index contributed by atoms with van der Waals surface area (Å²) in [6.45, 7) is 4.61. The van der Waals surface area contributed by atoms with Crippen molar-refractivity contribution >= 4 is 5.91 Å². The van der Waals surface area contributed by atoms with Gasteiger partial charge >= 0.3 is 0 Å². The number of benzene rings is 1. The van der Waals surface area contributed by atoms with Crippen molar-refractivity contribution in [2.24, 2.45) is 5.73 Å². The van der Waals surface area contributed by atoms with Gasteiger partial charge in [-0.3, -0.25) is 4.79 Å². The maximum atomic E-state index is 11.9. The van der Waals surface area contributed by atoms with E-state index in [2.05, 4.69) is 0 Å². The number of hydrogen-bond donors (Lipinski definition) is 1. The molecule has 0 bridgehead atoms. The van der Waals surface area contributed by atoms with Gasteiger partial charge in [-0.25, -0.2) is 0 Å². The Labute approximate surface area is 108 Å². The van der Waals surface area contributed by atoms with E-state index in [-0.39, 0.29) is 30.6 Å². The molecule has 1 amide bonds. The highest BCUT2D eigenvalue weighted by atomic mass is 16.5. The van der Waals surface area contributed by atoms with Crippen LogP contribution in [-0.2, 0) is 9.53 Å². The number of nitrogens with zero attached hydrogens (tertiary/aromatic N) is 1. The number of morpholine rings is 1.